The lowest BCUT2D eigenvalue weighted by molar-refractivity contribution is -0.140. The number of esters is 1. The number of aryl methyl sites for hydroxylation is 4. The first kappa shape index (κ1) is 20.6. The number of hydrogen-bond acceptors (Lipinski definition) is 4. The van der Waals surface area contributed by atoms with Gasteiger partial charge in [-0.05, 0) is 63.8 Å². The summed E-state index contributed by atoms with van der Waals surface area (Å²) in [5, 5.41) is 0. The second-order valence-electron chi connectivity index (χ2n) is 7.64. The van der Waals surface area contributed by atoms with Gasteiger partial charge in [0.05, 0.1) is 10.8 Å². The van der Waals surface area contributed by atoms with E-state index in [2.05, 4.69) is 0 Å². The van der Waals surface area contributed by atoms with Gasteiger partial charge in [-0.3, -0.25) is 4.79 Å². The van der Waals surface area contributed by atoms with Crippen molar-refractivity contribution in [3.63, 3.8) is 0 Å². The number of sulfonamides is 1. The van der Waals surface area contributed by atoms with Crippen molar-refractivity contribution in [2.45, 2.75) is 45.4 Å². The van der Waals surface area contributed by atoms with E-state index in [0.29, 0.717) is 36.6 Å². The van der Waals surface area contributed by atoms with Crippen LogP contribution in [0.3, 0.4) is 0 Å². The predicted octanol–water partition coefficient (Wildman–Crippen LogP) is 3.93. The van der Waals surface area contributed by atoms with Crippen LogP contribution in [-0.4, -0.2) is 31.8 Å². The van der Waals surface area contributed by atoms with E-state index in [1.54, 1.807) is 24.3 Å². The molecule has 1 heterocycles. The standard InChI is InChI=1S/C22H27NO4S/c1-15-5-7-20(8-6-15)28(25,26)23-11-9-19(10-12-23)22(24)27-21-17(3)13-16(2)14-18(21)4/h5-8,13-14,19H,9-12H2,1-4H3. The first-order chi connectivity index (χ1) is 13.2. The average Bonchev–Trinajstić information content (AvgIpc) is 2.65. The van der Waals surface area contributed by atoms with E-state index < -0.39 is 10.0 Å². The van der Waals surface area contributed by atoms with Crippen molar-refractivity contribution in [1.29, 1.82) is 0 Å². The highest BCUT2D eigenvalue weighted by atomic mass is 32.2. The number of rotatable bonds is 4. The molecule has 1 aliphatic heterocycles. The predicted molar refractivity (Wildman–Crippen MR) is 109 cm³/mol. The third kappa shape index (κ3) is 4.28. The lowest BCUT2D eigenvalue weighted by atomic mass is 9.98. The van der Waals surface area contributed by atoms with Gasteiger partial charge in [0.25, 0.3) is 0 Å². The van der Waals surface area contributed by atoms with Crippen molar-refractivity contribution in [3.8, 4) is 5.75 Å². The van der Waals surface area contributed by atoms with Crippen molar-refractivity contribution in [1.82, 2.24) is 4.31 Å². The molecule has 2 aromatic carbocycles. The molecule has 0 N–H and O–H groups in total. The third-order valence-corrected chi connectivity index (χ3v) is 7.17. The number of benzene rings is 2. The van der Waals surface area contributed by atoms with E-state index in [4.69, 9.17) is 4.74 Å². The fourth-order valence-corrected chi connectivity index (χ4v) is 5.17. The van der Waals surface area contributed by atoms with Gasteiger partial charge >= 0.3 is 5.97 Å². The number of nitrogens with zero attached hydrogens (tertiary/aromatic N) is 1. The zero-order valence-electron chi connectivity index (χ0n) is 16.9. The summed E-state index contributed by atoms with van der Waals surface area (Å²) in [5.41, 5.74) is 4.02. The van der Waals surface area contributed by atoms with E-state index >= 15 is 0 Å². The van der Waals surface area contributed by atoms with Gasteiger partial charge in [-0.15, -0.1) is 0 Å². The molecule has 3 rings (SSSR count). The maximum atomic E-state index is 12.8. The molecule has 0 bridgehead atoms. The molecule has 0 aromatic heterocycles. The van der Waals surface area contributed by atoms with Crippen LogP contribution < -0.4 is 4.74 Å². The Morgan fingerprint density at radius 2 is 1.46 bits per heavy atom. The van der Waals surface area contributed by atoms with Crippen LogP contribution in [0, 0.1) is 33.6 Å². The highest BCUT2D eigenvalue weighted by Crippen LogP contribution is 2.29. The summed E-state index contributed by atoms with van der Waals surface area (Å²) in [6.45, 7) is 8.43. The highest BCUT2D eigenvalue weighted by molar-refractivity contribution is 7.89. The van der Waals surface area contributed by atoms with Gasteiger partial charge in [0.15, 0.2) is 0 Å². The van der Waals surface area contributed by atoms with Crippen molar-refractivity contribution < 1.29 is 17.9 Å². The van der Waals surface area contributed by atoms with Gasteiger partial charge in [0, 0.05) is 13.1 Å². The maximum absolute atomic E-state index is 12.8. The molecule has 1 saturated heterocycles. The summed E-state index contributed by atoms with van der Waals surface area (Å²) in [4.78, 5) is 12.9. The van der Waals surface area contributed by atoms with Gasteiger partial charge in [-0.25, -0.2) is 8.42 Å². The Morgan fingerprint density at radius 1 is 0.929 bits per heavy atom. The lowest BCUT2D eigenvalue weighted by Gasteiger charge is -2.30. The minimum Gasteiger partial charge on any atom is -0.426 e. The summed E-state index contributed by atoms with van der Waals surface area (Å²) < 4.78 is 32.7. The Morgan fingerprint density at radius 3 is 2.00 bits per heavy atom. The van der Waals surface area contributed by atoms with Crippen LogP contribution in [0.15, 0.2) is 41.3 Å². The molecule has 28 heavy (non-hydrogen) atoms. The van der Waals surface area contributed by atoms with E-state index in [0.717, 1.165) is 22.3 Å². The average molecular weight is 402 g/mol. The zero-order chi connectivity index (χ0) is 20.5. The van der Waals surface area contributed by atoms with Crippen molar-refractivity contribution in [3.05, 3.63) is 58.7 Å². The Hall–Kier alpha value is -2.18. The second kappa shape index (κ2) is 8.05. The highest BCUT2D eigenvalue weighted by Gasteiger charge is 2.33. The molecule has 0 spiro atoms. The maximum Gasteiger partial charge on any atom is 0.314 e. The summed E-state index contributed by atoms with van der Waals surface area (Å²) in [6, 6.07) is 10.8. The molecule has 1 aliphatic rings. The quantitative estimate of drug-likeness (QED) is 0.575. The topological polar surface area (TPSA) is 63.7 Å². The minimum absolute atomic E-state index is 0.276. The molecule has 6 heteroatoms. The van der Waals surface area contributed by atoms with Crippen LogP contribution in [0.2, 0.25) is 0 Å². The van der Waals surface area contributed by atoms with Crippen LogP contribution in [-0.2, 0) is 14.8 Å². The minimum atomic E-state index is -3.52. The Kier molecular flexibility index (Phi) is 5.91. The van der Waals surface area contributed by atoms with Crippen LogP contribution >= 0.6 is 0 Å². The van der Waals surface area contributed by atoms with Crippen molar-refractivity contribution in [2.75, 3.05) is 13.1 Å². The molecule has 5 nitrogen and oxygen atoms in total. The van der Waals surface area contributed by atoms with Gasteiger partial charge in [0.1, 0.15) is 5.75 Å². The molecule has 0 atom stereocenters. The van der Waals surface area contributed by atoms with Crippen molar-refractivity contribution in [2.24, 2.45) is 5.92 Å². The first-order valence-electron chi connectivity index (χ1n) is 9.55. The molecule has 0 aliphatic carbocycles. The molecule has 0 amide bonds. The summed E-state index contributed by atoms with van der Waals surface area (Å²) >= 11 is 0. The smallest absolute Gasteiger partial charge is 0.314 e. The van der Waals surface area contributed by atoms with Crippen LogP contribution in [0.4, 0.5) is 0 Å². The second-order valence-corrected chi connectivity index (χ2v) is 9.58. The van der Waals surface area contributed by atoms with E-state index in [-0.39, 0.29) is 11.9 Å². The SMILES string of the molecule is Cc1ccc(S(=O)(=O)N2CCC(C(=O)Oc3c(C)cc(C)cc3C)CC2)cc1. The molecular weight excluding hydrogens is 374 g/mol. The van der Waals surface area contributed by atoms with Gasteiger partial charge < -0.3 is 4.74 Å². The Bertz CT molecular complexity index is 949. The van der Waals surface area contributed by atoms with E-state index in [1.165, 1.54) is 4.31 Å². The number of carbonyl (C=O) groups excluding carboxylic acids is 1. The lowest BCUT2D eigenvalue weighted by Crippen LogP contribution is -2.41. The molecule has 2 aromatic rings. The number of ether oxygens (including phenoxy) is 1. The molecule has 0 saturated carbocycles. The molecule has 0 unspecified atom stereocenters. The largest absolute Gasteiger partial charge is 0.426 e. The van der Waals surface area contributed by atoms with Crippen LogP contribution in [0.1, 0.15) is 35.1 Å². The number of carbonyl (C=O) groups is 1. The monoisotopic (exact) mass is 401 g/mol. The summed E-state index contributed by atoms with van der Waals surface area (Å²) in [6.07, 6.45) is 0.932. The van der Waals surface area contributed by atoms with Gasteiger partial charge in [-0.2, -0.15) is 4.31 Å². The first-order valence-corrected chi connectivity index (χ1v) is 11.0. The van der Waals surface area contributed by atoms with Crippen LogP contribution in [0.5, 0.6) is 5.75 Å². The van der Waals surface area contributed by atoms with E-state index in [1.807, 2.05) is 39.8 Å². The molecular formula is C22H27NO4S. The summed E-state index contributed by atoms with van der Waals surface area (Å²) in [7, 11) is -3.52. The number of piperidine rings is 1. The van der Waals surface area contributed by atoms with Gasteiger partial charge in [0.2, 0.25) is 10.0 Å². The van der Waals surface area contributed by atoms with Crippen molar-refractivity contribution >= 4 is 16.0 Å². The summed E-state index contributed by atoms with van der Waals surface area (Å²) in [5.74, 6) is 0.0531. The molecule has 1 fully saturated rings. The Labute approximate surface area is 167 Å². The molecule has 150 valence electrons. The zero-order valence-corrected chi connectivity index (χ0v) is 17.7. The third-order valence-electron chi connectivity index (χ3n) is 5.25. The van der Waals surface area contributed by atoms with Crippen LogP contribution in [0.25, 0.3) is 0 Å². The molecule has 0 radical (unpaired) electrons. The Balaban J connectivity index is 1.65. The fraction of sp³-hybridized carbons (Fsp3) is 0.409. The normalized spacial score (nSPS) is 16.1. The van der Waals surface area contributed by atoms with E-state index in [9.17, 15) is 13.2 Å². The number of hydrogen-bond donors (Lipinski definition) is 0. The van der Waals surface area contributed by atoms with Gasteiger partial charge in [-0.1, -0.05) is 35.4 Å². The fourth-order valence-electron chi connectivity index (χ4n) is 3.70.